The highest BCUT2D eigenvalue weighted by Crippen LogP contribution is 2.28. The van der Waals surface area contributed by atoms with Crippen molar-refractivity contribution < 1.29 is 14.9 Å². The van der Waals surface area contributed by atoms with Crippen LogP contribution in [-0.2, 0) is 4.74 Å². The van der Waals surface area contributed by atoms with Crippen molar-refractivity contribution in [2.75, 3.05) is 5.75 Å². The highest BCUT2D eigenvalue weighted by atomic mass is 32.2. The van der Waals surface area contributed by atoms with Crippen LogP contribution in [0.15, 0.2) is 41.8 Å². The molecule has 1 aliphatic rings. The molecule has 0 radical (unpaired) electrons. The van der Waals surface area contributed by atoms with Crippen molar-refractivity contribution in [3.05, 3.63) is 36.9 Å². The van der Waals surface area contributed by atoms with E-state index in [0.717, 1.165) is 10.2 Å². The maximum absolute atomic E-state index is 9.97. The molecule has 2 rings (SSSR count). The molecule has 5 heteroatoms. The van der Waals surface area contributed by atoms with Gasteiger partial charge < -0.3 is 14.9 Å². The van der Waals surface area contributed by atoms with Gasteiger partial charge in [-0.2, -0.15) is 0 Å². The SMILES string of the molecule is C=CC[C@@H]1O[C@H](CSc2ccccc2P)[C@@H](O)[C@H]1O. The molecule has 2 N–H and O–H groups in total. The zero-order chi connectivity index (χ0) is 13.8. The predicted octanol–water partition coefficient (Wildman–Crippen LogP) is 1.34. The molecule has 19 heavy (non-hydrogen) atoms. The number of hydrogen-bond acceptors (Lipinski definition) is 4. The predicted molar refractivity (Wildman–Crippen MR) is 82.0 cm³/mol. The Morgan fingerprint density at radius 1 is 1.26 bits per heavy atom. The van der Waals surface area contributed by atoms with Gasteiger partial charge in [0.2, 0.25) is 0 Å². The Hall–Kier alpha value is -0.380. The lowest BCUT2D eigenvalue weighted by Crippen LogP contribution is -2.33. The first-order chi connectivity index (χ1) is 9.13. The van der Waals surface area contributed by atoms with Crippen LogP contribution in [0.2, 0.25) is 0 Å². The normalized spacial score (nSPS) is 30.5. The topological polar surface area (TPSA) is 49.7 Å². The zero-order valence-electron chi connectivity index (χ0n) is 10.6. The maximum Gasteiger partial charge on any atom is 0.109 e. The standard InChI is InChI=1S/C14H19O3PS/c1-2-5-9-13(15)14(16)10(17-9)8-19-12-7-4-3-6-11(12)18/h2-4,6-7,9-10,13-16H,1,5,8,18H2/t9-,10+,13-,14+/m0/s1. The molecule has 3 nitrogen and oxygen atoms in total. The van der Waals surface area contributed by atoms with Crippen molar-refractivity contribution >= 4 is 26.3 Å². The summed E-state index contributed by atoms with van der Waals surface area (Å²) in [4.78, 5) is 1.14. The van der Waals surface area contributed by atoms with E-state index in [-0.39, 0.29) is 12.2 Å². The Labute approximate surface area is 120 Å². The van der Waals surface area contributed by atoms with Crippen LogP contribution < -0.4 is 5.30 Å². The Kier molecular flexibility index (Phi) is 5.43. The van der Waals surface area contributed by atoms with Gasteiger partial charge in [0.1, 0.15) is 12.2 Å². The van der Waals surface area contributed by atoms with Gasteiger partial charge in [0, 0.05) is 10.6 Å². The van der Waals surface area contributed by atoms with E-state index in [0.29, 0.717) is 12.2 Å². The average Bonchev–Trinajstić information content (AvgIpc) is 2.67. The van der Waals surface area contributed by atoms with Gasteiger partial charge in [0.05, 0.1) is 12.2 Å². The van der Waals surface area contributed by atoms with E-state index in [1.807, 2.05) is 24.3 Å². The second kappa shape index (κ2) is 6.87. The second-order valence-electron chi connectivity index (χ2n) is 4.57. The Bertz CT molecular complexity index is 440. The zero-order valence-corrected chi connectivity index (χ0v) is 12.6. The highest BCUT2D eigenvalue weighted by Gasteiger charge is 2.41. The molecule has 0 spiro atoms. The van der Waals surface area contributed by atoms with Crippen LogP contribution in [-0.4, -0.2) is 40.4 Å². The van der Waals surface area contributed by atoms with Crippen LogP contribution in [0.1, 0.15) is 6.42 Å². The van der Waals surface area contributed by atoms with E-state index >= 15 is 0 Å². The van der Waals surface area contributed by atoms with Crippen molar-refractivity contribution in [3.8, 4) is 0 Å². The molecular formula is C14H19O3PS. The third-order valence-corrected chi connectivity index (χ3v) is 5.07. The lowest BCUT2D eigenvalue weighted by Gasteiger charge is -2.14. The molecule has 0 bridgehead atoms. The number of aliphatic hydroxyl groups is 2. The van der Waals surface area contributed by atoms with Crippen molar-refractivity contribution in [1.29, 1.82) is 0 Å². The van der Waals surface area contributed by atoms with Gasteiger partial charge in [0.15, 0.2) is 0 Å². The fourth-order valence-electron chi connectivity index (χ4n) is 2.11. The quantitative estimate of drug-likeness (QED) is 0.489. The van der Waals surface area contributed by atoms with Crippen LogP contribution in [0.4, 0.5) is 0 Å². The molecule has 0 aromatic heterocycles. The first-order valence-electron chi connectivity index (χ1n) is 6.23. The molecule has 104 valence electrons. The van der Waals surface area contributed by atoms with Gasteiger partial charge in [-0.25, -0.2) is 0 Å². The monoisotopic (exact) mass is 298 g/mol. The summed E-state index contributed by atoms with van der Waals surface area (Å²) < 4.78 is 5.69. The summed E-state index contributed by atoms with van der Waals surface area (Å²) in [5.41, 5.74) is 0. The molecule has 1 fully saturated rings. The number of thioether (sulfide) groups is 1. The Morgan fingerprint density at radius 3 is 2.63 bits per heavy atom. The molecule has 1 aromatic rings. The summed E-state index contributed by atoms with van der Waals surface area (Å²) in [6.45, 7) is 3.63. The van der Waals surface area contributed by atoms with E-state index in [2.05, 4.69) is 15.8 Å². The van der Waals surface area contributed by atoms with Crippen molar-refractivity contribution in [2.24, 2.45) is 0 Å². The van der Waals surface area contributed by atoms with Crippen molar-refractivity contribution in [2.45, 2.75) is 35.7 Å². The highest BCUT2D eigenvalue weighted by molar-refractivity contribution is 7.99. The first-order valence-corrected chi connectivity index (χ1v) is 7.79. The van der Waals surface area contributed by atoms with E-state index in [9.17, 15) is 10.2 Å². The molecule has 1 aromatic carbocycles. The summed E-state index contributed by atoms with van der Waals surface area (Å²) in [5.74, 6) is 0.622. The lowest BCUT2D eigenvalue weighted by atomic mass is 10.1. The summed E-state index contributed by atoms with van der Waals surface area (Å²) >= 11 is 1.63. The Balaban J connectivity index is 1.93. The lowest BCUT2D eigenvalue weighted by molar-refractivity contribution is 0.0200. The number of hydrogen-bond donors (Lipinski definition) is 2. The fraction of sp³-hybridized carbons (Fsp3) is 0.429. The molecular weight excluding hydrogens is 279 g/mol. The number of benzene rings is 1. The van der Waals surface area contributed by atoms with Crippen LogP contribution >= 0.6 is 21.0 Å². The molecule has 1 saturated heterocycles. The molecule has 1 unspecified atom stereocenters. The molecule has 1 aliphatic heterocycles. The fourth-order valence-corrected chi connectivity index (χ4v) is 3.59. The molecule has 0 aliphatic carbocycles. The minimum Gasteiger partial charge on any atom is -0.388 e. The van der Waals surface area contributed by atoms with Crippen molar-refractivity contribution in [3.63, 3.8) is 0 Å². The van der Waals surface area contributed by atoms with Gasteiger partial charge in [-0.05, 0) is 17.8 Å². The summed E-state index contributed by atoms with van der Waals surface area (Å²) in [6, 6.07) is 8.02. The number of aliphatic hydroxyl groups excluding tert-OH is 2. The van der Waals surface area contributed by atoms with Gasteiger partial charge in [0.25, 0.3) is 0 Å². The largest absolute Gasteiger partial charge is 0.388 e. The second-order valence-corrected chi connectivity index (χ2v) is 6.25. The van der Waals surface area contributed by atoms with E-state index in [4.69, 9.17) is 4.74 Å². The van der Waals surface area contributed by atoms with Crippen LogP contribution in [0.3, 0.4) is 0 Å². The summed E-state index contributed by atoms with van der Waals surface area (Å²) in [7, 11) is 2.69. The van der Waals surface area contributed by atoms with Crippen LogP contribution in [0, 0.1) is 0 Å². The van der Waals surface area contributed by atoms with Gasteiger partial charge >= 0.3 is 0 Å². The molecule has 0 saturated carbocycles. The Morgan fingerprint density at radius 2 is 1.95 bits per heavy atom. The van der Waals surface area contributed by atoms with Gasteiger partial charge in [-0.15, -0.1) is 27.6 Å². The van der Waals surface area contributed by atoms with E-state index < -0.39 is 12.2 Å². The first kappa shape index (κ1) is 15.0. The van der Waals surface area contributed by atoms with Crippen molar-refractivity contribution in [1.82, 2.24) is 0 Å². The molecule has 0 amide bonds. The molecule has 5 atom stereocenters. The van der Waals surface area contributed by atoms with E-state index in [1.165, 1.54) is 0 Å². The summed E-state index contributed by atoms with van der Waals surface area (Å²) in [6.07, 6.45) is -0.0730. The van der Waals surface area contributed by atoms with Crippen LogP contribution in [0.5, 0.6) is 0 Å². The van der Waals surface area contributed by atoms with Crippen LogP contribution in [0.25, 0.3) is 0 Å². The van der Waals surface area contributed by atoms with Gasteiger partial charge in [-0.3, -0.25) is 0 Å². The third-order valence-electron chi connectivity index (χ3n) is 3.18. The maximum atomic E-state index is 9.97. The minimum absolute atomic E-state index is 0.338. The third kappa shape index (κ3) is 3.59. The van der Waals surface area contributed by atoms with E-state index in [1.54, 1.807) is 17.8 Å². The average molecular weight is 298 g/mol. The smallest absolute Gasteiger partial charge is 0.109 e. The number of rotatable bonds is 5. The minimum atomic E-state index is -0.825. The number of ether oxygens (including phenoxy) is 1. The van der Waals surface area contributed by atoms with Gasteiger partial charge in [-0.1, -0.05) is 24.3 Å². The summed E-state index contributed by atoms with van der Waals surface area (Å²) in [5, 5.41) is 21.0. The molecule has 1 heterocycles.